The molecule has 1 unspecified atom stereocenters. The molecule has 2 heteroatoms. The molecule has 0 aliphatic carbocycles. The van der Waals surface area contributed by atoms with Crippen LogP contribution in [0, 0.1) is 6.92 Å². The molecule has 0 aromatic heterocycles. The third-order valence-corrected chi connectivity index (χ3v) is 2.40. The summed E-state index contributed by atoms with van der Waals surface area (Å²) < 4.78 is 5.20. The SMILES string of the molecule is COCC(CCN)c1cccc(C)c1. The number of aryl methyl sites for hydroxylation is 1. The van der Waals surface area contributed by atoms with Gasteiger partial charge in [0.25, 0.3) is 0 Å². The predicted molar refractivity (Wildman–Crippen MR) is 59.5 cm³/mol. The average molecular weight is 193 g/mol. The van der Waals surface area contributed by atoms with Gasteiger partial charge in [0.2, 0.25) is 0 Å². The number of benzene rings is 1. The largest absolute Gasteiger partial charge is 0.384 e. The summed E-state index contributed by atoms with van der Waals surface area (Å²) in [6.07, 6.45) is 0.983. The lowest BCUT2D eigenvalue weighted by Crippen LogP contribution is -2.12. The van der Waals surface area contributed by atoms with Crippen molar-refractivity contribution in [2.24, 2.45) is 5.73 Å². The number of ether oxygens (including phenoxy) is 1. The molecule has 1 rings (SSSR count). The highest BCUT2D eigenvalue weighted by Gasteiger charge is 2.09. The van der Waals surface area contributed by atoms with Gasteiger partial charge in [-0.05, 0) is 25.5 Å². The van der Waals surface area contributed by atoms with Gasteiger partial charge < -0.3 is 10.5 Å². The summed E-state index contributed by atoms with van der Waals surface area (Å²) >= 11 is 0. The topological polar surface area (TPSA) is 35.2 Å². The summed E-state index contributed by atoms with van der Waals surface area (Å²) in [6.45, 7) is 3.57. The molecule has 0 aliphatic heterocycles. The van der Waals surface area contributed by atoms with E-state index in [0.717, 1.165) is 13.0 Å². The third kappa shape index (κ3) is 3.13. The van der Waals surface area contributed by atoms with Crippen LogP contribution in [0.5, 0.6) is 0 Å². The maximum absolute atomic E-state index is 5.58. The third-order valence-electron chi connectivity index (χ3n) is 2.40. The van der Waals surface area contributed by atoms with Gasteiger partial charge in [-0.15, -0.1) is 0 Å². The quantitative estimate of drug-likeness (QED) is 0.777. The van der Waals surface area contributed by atoms with Crippen molar-refractivity contribution >= 4 is 0 Å². The molecule has 0 saturated carbocycles. The second-order valence-electron chi connectivity index (χ2n) is 3.64. The first-order valence-electron chi connectivity index (χ1n) is 5.03. The summed E-state index contributed by atoms with van der Waals surface area (Å²) in [5.41, 5.74) is 8.20. The first-order valence-corrected chi connectivity index (χ1v) is 5.03. The van der Waals surface area contributed by atoms with Crippen molar-refractivity contribution in [1.82, 2.24) is 0 Å². The van der Waals surface area contributed by atoms with Crippen LogP contribution in [-0.4, -0.2) is 20.3 Å². The van der Waals surface area contributed by atoms with Gasteiger partial charge in [-0.1, -0.05) is 29.8 Å². The lowest BCUT2D eigenvalue weighted by atomic mass is 9.95. The fourth-order valence-electron chi connectivity index (χ4n) is 1.67. The Bertz CT molecular complexity index is 267. The Morgan fingerprint density at radius 2 is 2.21 bits per heavy atom. The predicted octanol–water partition coefficient (Wildman–Crippen LogP) is 2.07. The van der Waals surface area contributed by atoms with E-state index in [1.807, 2.05) is 0 Å². The summed E-state index contributed by atoms with van der Waals surface area (Å²) in [5, 5.41) is 0. The normalized spacial score (nSPS) is 12.8. The van der Waals surface area contributed by atoms with Crippen molar-refractivity contribution in [3.05, 3.63) is 35.4 Å². The second-order valence-corrected chi connectivity index (χ2v) is 3.64. The van der Waals surface area contributed by atoms with Gasteiger partial charge in [0.05, 0.1) is 6.61 Å². The zero-order valence-electron chi connectivity index (χ0n) is 8.99. The van der Waals surface area contributed by atoms with Crippen LogP contribution in [0.15, 0.2) is 24.3 Å². The van der Waals surface area contributed by atoms with Gasteiger partial charge >= 0.3 is 0 Å². The van der Waals surface area contributed by atoms with Crippen molar-refractivity contribution in [2.75, 3.05) is 20.3 Å². The number of rotatable bonds is 5. The van der Waals surface area contributed by atoms with Crippen molar-refractivity contribution < 1.29 is 4.74 Å². The molecule has 14 heavy (non-hydrogen) atoms. The Morgan fingerprint density at radius 1 is 1.43 bits per heavy atom. The molecule has 1 aromatic carbocycles. The van der Waals surface area contributed by atoms with E-state index < -0.39 is 0 Å². The molecular weight excluding hydrogens is 174 g/mol. The monoisotopic (exact) mass is 193 g/mol. The van der Waals surface area contributed by atoms with Gasteiger partial charge in [0.1, 0.15) is 0 Å². The van der Waals surface area contributed by atoms with Gasteiger partial charge in [-0.25, -0.2) is 0 Å². The summed E-state index contributed by atoms with van der Waals surface area (Å²) in [5.74, 6) is 0.435. The molecule has 1 atom stereocenters. The molecule has 2 N–H and O–H groups in total. The lowest BCUT2D eigenvalue weighted by Gasteiger charge is -2.15. The standard InChI is InChI=1S/C12H19NO/c1-10-4-3-5-11(8-10)12(6-7-13)9-14-2/h3-5,8,12H,6-7,9,13H2,1-2H3. The van der Waals surface area contributed by atoms with Crippen LogP contribution in [0.2, 0.25) is 0 Å². The minimum Gasteiger partial charge on any atom is -0.384 e. The Hall–Kier alpha value is -0.860. The summed E-state index contributed by atoms with van der Waals surface area (Å²) in [6, 6.07) is 8.55. The highest BCUT2D eigenvalue weighted by atomic mass is 16.5. The molecule has 0 aliphatic rings. The smallest absolute Gasteiger partial charge is 0.0531 e. The first kappa shape index (κ1) is 11.2. The van der Waals surface area contributed by atoms with Gasteiger partial charge in [0.15, 0.2) is 0 Å². The fourth-order valence-corrected chi connectivity index (χ4v) is 1.67. The van der Waals surface area contributed by atoms with E-state index in [9.17, 15) is 0 Å². The molecule has 0 radical (unpaired) electrons. The fraction of sp³-hybridized carbons (Fsp3) is 0.500. The lowest BCUT2D eigenvalue weighted by molar-refractivity contribution is 0.176. The molecule has 0 spiro atoms. The zero-order valence-corrected chi connectivity index (χ0v) is 8.99. The summed E-state index contributed by atoms with van der Waals surface area (Å²) in [7, 11) is 1.74. The van der Waals surface area contributed by atoms with E-state index in [4.69, 9.17) is 10.5 Å². The molecule has 78 valence electrons. The van der Waals surface area contributed by atoms with E-state index in [2.05, 4.69) is 31.2 Å². The molecule has 1 aromatic rings. The maximum Gasteiger partial charge on any atom is 0.0531 e. The van der Waals surface area contributed by atoms with E-state index in [0.29, 0.717) is 12.5 Å². The van der Waals surface area contributed by atoms with Crippen molar-refractivity contribution in [3.63, 3.8) is 0 Å². The van der Waals surface area contributed by atoms with Gasteiger partial charge in [-0.2, -0.15) is 0 Å². The highest BCUT2D eigenvalue weighted by Crippen LogP contribution is 2.20. The van der Waals surface area contributed by atoms with Crippen LogP contribution < -0.4 is 5.73 Å². The van der Waals surface area contributed by atoms with Crippen LogP contribution in [-0.2, 0) is 4.74 Å². The number of methoxy groups -OCH3 is 1. The Labute approximate surface area is 86.1 Å². The van der Waals surface area contributed by atoms with Crippen molar-refractivity contribution in [1.29, 1.82) is 0 Å². The summed E-state index contributed by atoms with van der Waals surface area (Å²) in [4.78, 5) is 0. The first-order chi connectivity index (χ1) is 6.77. The van der Waals surface area contributed by atoms with E-state index >= 15 is 0 Å². The minimum atomic E-state index is 0.435. The maximum atomic E-state index is 5.58. The molecule has 0 saturated heterocycles. The molecular formula is C12H19NO. The number of hydrogen-bond donors (Lipinski definition) is 1. The molecule has 0 bridgehead atoms. The molecule has 2 nitrogen and oxygen atoms in total. The Morgan fingerprint density at radius 3 is 2.79 bits per heavy atom. The van der Waals surface area contributed by atoms with Gasteiger partial charge in [0, 0.05) is 13.0 Å². The highest BCUT2D eigenvalue weighted by molar-refractivity contribution is 5.25. The number of hydrogen-bond acceptors (Lipinski definition) is 2. The van der Waals surface area contributed by atoms with Crippen LogP contribution >= 0.6 is 0 Å². The molecule has 0 heterocycles. The Kier molecular flexibility index (Phi) is 4.63. The van der Waals surface area contributed by atoms with Crippen LogP contribution in [0.3, 0.4) is 0 Å². The average Bonchev–Trinajstić information content (AvgIpc) is 2.17. The van der Waals surface area contributed by atoms with Crippen molar-refractivity contribution in [3.8, 4) is 0 Å². The second kappa shape index (κ2) is 5.78. The van der Waals surface area contributed by atoms with E-state index in [-0.39, 0.29) is 0 Å². The zero-order chi connectivity index (χ0) is 10.4. The van der Waals surface area contributed by atoms with E-state index in [1.165, 1.54) is 11.1 Å². The van der Waals surface area contributed by atoms with Crippen molar-refractivity contribution in [2.45, 2.75) is 19.3 Å². The molecule has 0 amide bonds. The Balaban J connectivity index is 2.75. The van der Waals surface area contributed by atoms with E-state index in [1.54, 1.807) is 7.11 Å². The van der Waals surface area contributed by atoms with Gasteiger partial charge in [-0.3, -0.25) is 0 Å². The molecule has 0 fully saturated rings. The minimum absolute atomic E-state index is 0.435. The number of nitrogens with two attached hydrogens (primary N) is 1. The van der Waals surface area contributed by atoms with Crippen LogP contribution in [0.1, 0.15) is 23.5 Å². The van der Waals surface area contributed by atoms with Crippen LogP contribution in [0.4, 0.5) is 0 Å². The van der Waals surface area contributed by atoms with Crippen LogP contribution in [0.25, 0.3) is 0 Å².